The van der Waals surface area contributed by atoms with E-state index in [9.17, 15) is 4.79 Å². The Hall–Kier alpha value is -0.120. The van der Waals surface area contributed by atoms with Crippen LogP contribution in [0, 0.1) is 0 Å². The molecule has 0 spiro atoms. The second-order valence-corrected chi connectivity index (χ2v) is 6.99. The van der Waals surface area contributed by atoms with Crippen LogP contribution in [0.15, 0.2) is 0 Å². The summed E-state index contributed by atoms with van der Waals surface area (Å²) in [5.74, 6) is -0.280. The van der Waals surface area contributed by atoms with E-state index in [1.165, 1.54) is 7.11 Å². The fourth-order valence-electron chi connectivity index (χ4n) is 1.95. The lowest BCUT2D eigenvalue weighted by atomic mass is 10.5. The molecule has 0 bridgehead atoms. The maximum Gasteiger partial charge on any atom is 0.307 e. The highest BCUT2D eigenvalue weighted by Crippen LogP contribution is 1.88. The summed E-state index contributed by atoms with van der Waals surface area (Å²) < 4.78 is 48.4. The second-order valence-electron chi connectivity index (χ2n) is 5.91. The van der Waals surface area contributed by atoms with Gasteiger partial charge < -0.3 is 42.6 Å². The standard InChI is InChI=1S/C20H39IO10/c1-23-20(22)2-4-24-6-8-26-10-12-28-14-16-30-18-19-31-17-15-29-13-11-27-9-7-25-5-3-21/h2-19H2,1H3. The summed E-state index contributed by atoms with van der Waals surface area (Å²) in [7, 11) is 1.35. The molecular formula is C20H39IO10. The molecule has 10 nitrogen and oxygen atoms in total. The average Bonchev–Trinajstić information content (AvgIpc) is 2.78. The van der Waals surface area contributed by atoms with Gasteiger partial charge in [-0.3, -0.25) is 4.79 Å². The van der Waals surface area contributed by atoms with Crippen molar-refractivity contribution < 1.29 is 47.4 Å². The normalized spacial score (nSPS) is 11.2. The lowest BCUT2D eigenvalue weighted by Crippen LogP contribution is -2.15. The zero-order valence-corrected chi connectivity index (χ0v) is 20.8. The fraction of sp³-hybridized carbons (Fsp3) is 0.950. The highest BCUT2D eigenvalue weighted by Gasteiger charge is 1.99. The molecule has 0 atom stereocenters. The number of carbonyl (C=O) groups excluding carboxylic acids is 1. The van der Waals surface area contributed by atoms with Gasteiger partial charge in [-0.1, -0.05) is 22.6 Å². The van der Waals surface area contributed by atoms with Crippen LogP contribution in [0.1, 0.15) is 6.42 Å². The highest BCUT2D eigenvalue weighted by atomic mass is 127. The molecule has 0 aromatic heterocycles. The van der Waals surface area contributed by atoms with Crippen LogP contribution in [0.3, 0.4) is 0 Å². The van der Waals surface area contributed by atoms with Gasteiger partial charge in [0.2, 0.25) is 0 Å². The summed E-state index contributed by atoms with van der Waals surface area (Å²) in [5, 5.41) is 0. The Labute approximate surface area is 199 Å². The molecule has 0 saturated heterocycles. The van der Waals surface area contributed by atoms with Gasteiger partial charge >= 0.3 is 5.97 Å². The minimum absolute atomic E-state index is 0.253. The molecular weight excluding hydrogens is 527 g/mol. The van der Waals surface area contributed by atoms with Gasteiger partial charge in [-0.05, 0) is 0 Å². The summed E-state index contributed by atoms with van der Waals surface area (Å²) in [6.45, 7) is 8.44. The lowest BCUT2D eigenvalue weighted by Gasteiger charge is -2.08. The Morgan fingerprint density at radius 2 is 0.742 bits per heavy atom. The molecule has 0 aliphatic heterocycles. The first-order chi connectivity index (χ1) is 15.3. The average molecular weight is 566 g/mol. The smallest absolute Gasteiger partial charge is 0.307 e. The van der Waals surface area contributed by atoms with Crippen LogP contribution < -0.4 is 0 Å². The summed E-state index contributed by atoms with van der Waals surface area (Å²) in [5.41, 5.74) is 0. The van der Waals surface area contributed by atoms with E-state index >= 15 is 0 Å². The molecule has 0 fully saturated rings. The number of hydrogen-bond donors (Lipinski definition) is 0. The van der Waals surface area contributed by atoms with Crippen molar-refractivity contribution in [3.63, 3.8) is 0 Å². The number of ether oxygens (including phenoxy) is 9. The Morgan fingerprint density at radius 3 is 1.00 bits per heavy atom. The molecule has 0 unspecified atom stereocenters. The number of esters is 1. The molecule has 0 rings (SSSR count). The van der Waals surface area contributed by atoms with Crippen LogP contribution in [0.4, 0.5) is 0 Å². The van der Waals surface area contributed by atoms with Crippen molar-refractivity contribution in [2.75, 3.05) is 117 Å². The van der Waals surface area contributed by atoms with Crippen LogP contribution >= 0.6 is 22.6 Å². The zero-order valence-electron chi connectivity index (χ0n) is 18.7. The third-order valence-corrected chi connectivity index (χ3v) is 3.94. The fourth-order valence-corrected chi connectivity index (χ4v) is 2.26. The van der Waals surface area contributed by atoms with E-state index in [1.807, 2.05) is 0 Å². The van der Waals surface area contributed by atoms with Crippen LogP contribution in [0.2, 0.25) is 0 Å². The van der Waals surface area contributed by atoms with Gasteiger partial charge in [0.15, 0.2) is 0 Å². The Bertz CT molecular complexity index is 363. The predicted molar refractivity (Wildman–Crippen MR) is 122 cm³/mol. The molecule has 0 radical (unpaired) electrons. The topological polar surface area (TPSA) is 100 Å². The maximum absolute atomic E-state index is 10.9. The number of methoxy groups -OCH3 is 1. The van der Waals surface area contributed by atoms with E-state index in [2.05, 4.69) is 27.3 Å². The molecule has 0 N–H and O–H groups in total. The zero-order chi connectivity index (χ0) is 22.7. The van der Waals surface area contributed by atoms with Crippen molar-refractivity contribution >= 4 is 28.6 Å². The maximum atomic E-state index is 10.9. The molecule has 11 heteroatoms. The lowest BCUT2D eigenvalue weighted by molar-refractivity contribution is -0.141. The number of carbonyl (C=O) groups is 1. The monoisotopic (exact) mass is 566 g/mol. The van der Waals surface area contributed by atoms with Crippen LogP contribution in [-0.2, 0) is 47.4 Å². The quantitative estimate of drug-likeness (QED) is 0.0656. The highest BCUT2D eigenvalue weighted by molar-refractivity contribution is 14.1. The van der Waals surface area contributed by atoms with Gasteiger partial charge in [0.1, 0.15) is 0 Å². The van der Waals surface area contributed by atoms with Crippen molar-refractivity contribution in [1.82, 2.24) is 0 Å². The van der Waals surface area contributed by atoms with E-state index in [0.29, 0.717) is 99.1 Å². The van der Waals surface area contributed by atoms with Gasteiger partial charge in [0, 0.05) is 4.43 Å². The van der Waals surface area contributed by atoms with E-state index < -0.39 is 0 Å². The SMILES string of the molecule is COC(=O)CCOCCOCCOCCOCCOCCOCCOCCOCCI. The third kappa shape index (κ3) is 27.8. The predicted octanol–water partition coefficient (Wildman–Crippen LogP) is 1.12. The van der Waals surface area contributed by atoms with Crippen molar-refractivity contribution in [1.29, 1.82) is 0 Å². The van der Waals surface area contributed by atoms with Gasteiger partial charge in [-0.25, -0.2) is 0 Å². The first-order valence-electron chi connectivity index (χ1n) is 10.6. The van der Waals surface area contributed by atoms with Crippen molar-refractivity contribution in [2.24, 2.45) is 0 Å². The van der Waals surface area contributed by atoms with Gasteiger partial charge in [-0.2, -0.15) is 0 Å². The molecule has 0 aliphatic rings. The van der Waals surface area contributed by atoms with E-state index in [-0.39, 0.29) is 12.4 Å². The third-order valence-electron chi connectivity index (χ3n) is 3.50. The molecule has 0 saturated carbocycles. The number of halogens is 1. The summed E-state index contributed by atoms with van der Waals surface area (Å²) in [4.78, 5) is 10.9. The largest absolute Gasteiger partial charge is 0.469 e. The molecule has 0 aromatic rings. The number of rotatable bonds is 26. The van der Waals surface area contributed by atoms with Crippen LogP contribution in [-0.4, -0.2) is 123 Å². The summed E-state index contributed by atoms with van der Waals surface area (Å²) >= 11 is 2.27. The minimum atomic E-state index is -0.280. The van der Waals surface area contributed by atoms with Crippen molar-refractivity contribution in [2.45, 2.75) is 6.42 Å². The van der Waals surface area contributed by atoms with Crippen LogP contribution in [0.25, 0.3) is 0 Å². The number of alkyl halides is 1. The Balaban J connectivity index is 3.01. The molecule has 0 aromatic carbocycles. The second kappa shape index (κ2) is 27.9. The molecule has 0 amide bonds. The Morgan fingerprint density at radius 1 is 0.484 bits per heavy atom. The molecule has 31 heavy (non-hydrogen) atoms. The first kappa shape index (κ1) is 30.9. The van der Waals surface area contributed by atoms with E-state index in [1.54, 1.807) is 0 Å². The molecule has 0 heterocycles. The van der Waals surface area contributed by atoms with E-state index in [0.717, 1.165) is 11.0 Å². The van der Waals surface area contributed by atoms with Crippen molar-refractivity contribution in [3.8, 4) is 0 Å². The van der Waals surface area contributed by atoms with E-state index in [4.69, 9.17) is 37.9 Å². The number of hydrogen-bond acceptors (Lipinski definition) is 10. The molecule has 186 valence electrons. The van der Waals surface area contributed by atoms with Crippen LogP contribution in [0.5, 0.6) is 0 Å². The summed E-state index contributed by atoms with van der Waals surface area (Å²) in [6.07, 6.45) is 0.253. The first-order valence-corrected chi connectivity index (χ1v) is 12.1. The summed E-state index contributed by atoms with van der Waals surface area (Å²) in [6, 6.07) is 0. The van der Waals surface area contributed by atoms with Gasteiger partial charge in [0.05, 0.1) is 119 Å². The minimum Gasteiger partial charge on any atom is -0.469 e. The molecule has 0 aliphatic carbocycles. The Kier molecular flexibility index (Phi) is 27.8. The van der Waals surface area contributed by atoms with Crippen molar-refractivity contribution in [3.05, 3.63) is 0 Å². The van der Waals surface area contributed by atoms with Gasteiger partial charge in [0.25, 0.3) is 0 Å². The van der Waals surface area contributed by atoms with Gasteiger partial charge in [-0.15, -0.1) is 0 Å².